The number of nitrogens with zero attached hydrogens (tertiary/aromatic N) is 1. The summed E-state index contributed by atoms with van der Waals surface area (Å²) in [5, 5.41) is 5.96. The number of hydrazone groups is 1. The van der Waals surface area contributed by atoms with Gasteiger partial charge in [-0.1, -0.05) is 26.8 Å². The average molecular weight is 380 g/mol. The fourth-order valence-electron chi connectivity index (χ4n) is 2.08. The first-order valence-electron chi connectivity index (χ1n) is 8.47. The lowest BCUT2D eigenvalue weighted by atomic mass is 10.1. The summed E-state index contributed by atoms with van der Waals surface area (Å²) in [6.45, 7) is 7.30. The third-order valence-corrected chi connectivity index (χ3v) is 3.37. The van der Waals surface area contributed by atoms with Crippen LogP contribution in [0.3, 0.4) is 0 Å². The Hall–Kier alpha value is -3.03. The second kappa shape index (κ2) is 10.2. The summed E-state index contributed by atoms with van der Waals surface area (Å²) in [6, 6.07) is 6.18. The predicted octanol–water partition coefficient (Wildman–Crippen LogP) is 4.46. The number of rotatable bonds is 5. The van der Waals surface area contributed by atoms with E-state index in [0.29, 0.717) is 6.42 Å². The predicted molar refractivity (Wildman–Crippen MR) is 102 cm³/mol. The zero-order valence-corrected chi connectivity index (χ0v) is 15.7. The molecule has 146 valence electrons. The van der Waals surface area contributed by atoms with E-state index in [-0.39, 0.29) is 17.1 Å². The van der Waals surface area contributed by atoms with E-state index in [4.69, 9.17) is 5.73 Å². The third kappa shape index (κ3) is 5.73. The van der Waals surface area contributed by atoms with Crippen molar-refractivity contribution in [2.45, 2.75) is 34.1 Å². The molecule has 0 saturated carbocycles. The molecule has 0 saturated heterocycles. The Morgan fingerprint density at radius 1 is 1.11 bits per heavy atom. The van der Waals surface area contributed by atoms with Gasteiger partial charge in [-0.05, 0) is 43.2 Å². The topological polar surface area (TPSA) is 79.5 Å². The number of aryl methyl sites for hydroxylation is 1. The smallest absolute Gasteiger partial charge is 0.273 e. The van der Waals surface area contributed by atoms with Crippen molar-refractivity contribution in [2.75, 3.05) is 5.32 Å². The van der Waals surface area contributed by atoms with Crippen LogP contribution in [0.4, 0.5) is 24.5 Å². The van der Waals surface area contributed by atoms with Gasteiger partial charge in [0.1, 0.15) is 11.7 Å². The molecule has 5 nitrogen and oxygen atoms in total. The number of anilines is 2. The SMILES string of the molecule is CC.CCc1ccc(Nc2c(C(=O)N/N=C(/C)N)ccc(F)c2F)c(F)c1. The first-order valence-corrected chi connectivity index (χ1v) is 8.47. The fourth-order valence-corrected chi connectivity index (χ4v) is 2.08. The molecule has 2 aromatic rings. The number of amidine groups is 1. The molecule has 2 aromatic carbocycles. The average Bonchev–Trinajstić information content (AvgIpc) is 2.66. The summed E-state index contributed by atoms with van der Waals surface area (Å²) in [7, 11) is 0. The molecule has 0 atom stereocenters. The number of nitrogens with one attached hydrogen (secondary N) is 2. The van der Waals surface area contributed by atoms with Crippen LogP contribution in [0, 0.1) is 17.5 Å². The van der Waals surface area contributed by atoms with Gasteiger partial charge in [0.05, 0.1) is 16.9 Å². The fraction of sp³-hybridized carbons (Fsp3) is 0.263. The molecule has 0 bridgehead atoms. The number of hydrogen-bond acceptors (Lipinski definition) is 3. The number of carbonyl (C=O) groups is 1. The summed E-state index contributed by atoms with van der Waals surface area (Å²) < 4.78 is 41.9. The minimum Gasteiger partial charge on any atom is -0.386 e. The molecule has 0 fully saturated rings. The number of nitrogens with two attached hydrogens (primary N) is 1. The monoisotopic (exact) mass is 380 g/mol. The number of carbonyl (C=O) groups excluding carboxylic acids is 1. The van der Waals surface area contributed by atoms with Gasteiger partial charge in [0.25, 0.3) is 5.91 Å². The Morgan fingerprint density at radius 3 is 2.33 bits per heavy atom. The standard InChI is InChI=1S/C17H17F3N4O.C2H6/c1-3-10-4-7-14(13(19)8-10)22-16-11(5-6-12(18)15(16)20)17(25)24-23-9(2)21;1-2/h4-8,22H,3H2,1-2H3,(H2,21,23)(H,24,25);1-2H3. The Balaban J connectivity index is 0.00000176. The largest absolute Gasteiger partial charge is 0.386 e. The maximum atomic E-state index is 14.2. The highest BCUT2D eigenvalue weighted by molar-refractivity contribution is 6.00. The first-order chi connectivity index (χ1) is 12.8. The van der Waals surface area contributed by atoms with Crippen molar-refractivity contribution in [3.05, 3.63) is 58.9 Å². The Labute approximate surface area is 156 Å². The van der Waals surface area contributed by atoms with Crippen LogP contribution in [0.1, 0.15) is 43.6 Å². The molecule has 0 aliphatic rings. The molecule has 2 rings (SSSR count). The molecule has 0 aliphatic heterocycles. The summed E-state index contributed by atoms with van der Waals surface area (Å²) >= 11 is 0. The van der Waals surface area contributed by atoms with Crippen molar-refractivity contribution in [2.24, 2.45) is 10.8 Å². The van der Waals surface area contributed by atoms with Gasteiger partial charge in [-0.25, -0.2) is 18.6 Å². The van der Waals surface area contributed by atoms with Gasteiger partial charge in [-0.15, -0.1) is 0 Å². The van der Waals surface area contributed by atoms with E-state index in [2.05, 4.69) is 15.8 Å². The van der Waals surface area contributed by atoms with Crippen LogP contribution in [0.25, 0.3) is 0 Å². The van der Waals surface area contributed by atoms with Gasteiger partial charge in [0, 0.05) is 0 Å². The quantitative estimate of drug-likeness (QED) is 0.407. The molecule has 27 heavy (non-hydrogen) atoms. The van der Waals surface area contributed by atoms with Crippen molar-refractivity contribution in [1.29, 1.82) is 0 Å². The van der Waals surface area contributed by atoms with Crippen molar-refractivity contribution < 1.29 is 18.0 Å². The second-order valence-corrected chi connectivity index (χ2v) is 5.27. The van der Waals surface area contributed by atoms with Gasteiger partial charge < -0.3 is 11.1 Å². The maximum Gasteiger partial charge on any atom is 0.273 e. The maximum absolute atomic E-state index is 14.2. The van der Waals surface area contributed by atoms with Crippen LogP contribution in [-0.2, 0) is 6.42 Å². The highest BCUT2D eigenvalue weighted by Crippen LogP contribution is 2.28. The summed E-state index contributed by atoms with van der Waals surface area (Å²) in [6.07, 6.45) is 0.621. The lowest BCUT2D eigenvalue weighted by Gasteiger charge is -2.14. The highest BCUT2D eigenvalue weighted by atomic mass is 19.2. The minimum atomic E-state index is -1.31. The van der Waals surface area contributed by atoms with E-state index in [1.165, 1.54) is 19.1 Å². The van der Waals surface area contributed by atoms with Crippen LogP contribution >= 0.6 is 0 Å². The molecular formula is C19H23F3N4O. The summed E-state index contributed by atoms with van der Waals surface area (Å²) in [5.74, 6) is -3.88. The van der Waals surface area contributed by atoms with Crippen LogP contribution in [0.2, 0.25) is 0 Å². The number of halogens is 3. The lowest BCUT2D eigenvalue weighted by Crippen LogP contribution is -2.23. The Bertz CT molecular complexity index is 834. The zero-order chi connectivity index (χ0) is 20.6. The highest BCUT2D eigenvalue weighted by Gasteiger charge is 2.20. The van der Waals surface area contributed by atoms with Gasteiger partial charge in [0.2, 0.25) is 0 Å². The van der Waals surface area contributed by atoms with Crippen LogP contribution in [-0.4, -0.2) is 11.7 Å². The second-order valence-electron chi connectivity index (χ2n) is 5.27. The molecule has 0 aliphatic carbocycles. The van der Waals surface area contributed by atoms with Gasteiger partial charge >= 0.3 is 0 Å². The lowest BCUT2D eigenvalue weighted by molar-refractivity contribution is 0.0955. The normalized spacial score (nSPS) is 10.7. The third-order valence-electron chi connectivity index (χ3n) is 3.37. The molecule has 0 heterocycles. The Morgan fingerprint density at radius 2 is 1.78 bits per heavy atom. The van der Waals surface area contributed by atoms with Crippen molar-refractivity contribution in [1.82, 2.24) is 5.43 Å². The summed E-state index contributed by atoms with van der Waals surface area (Å²) in [5.41, 5.74) is 7.34. The van der Waals surface area contributed by atoms with E-state index >= 15 is 0 Å². The molecule has 1 amide bonds. The zero-order valence-electron chi connectivity index (χ0n) is 15.7. The van der Waals surface area contributed by atoms with Gasteiger partial charge in [0.15, 0.2) is 11.6 Å². The van der Waals surface area contributed by atoms with E-state index < -0.39 is 29.0 Å². The number of hydrogen-bond donors (Lipinski definition) is 3. The Kier molecular flexibility index (Phi) is 8.32. The van der Waals surface area contributed by atoms with Crippen LogP contribution in [0.5, 0.6) is 0 Å². The van der Waals surface area contributed by atoms with E-state index in [1.54, 1.807) is 6.07 Å². The van der Waals surface area contributed by atoms with Crippen molar-refractivity contribution >= 4 is 23.1 Å². The first kappa shape index (κ1) is 22.0. The molecule has 0 aromatic heterocycles. The minimum absolute atomic E-state index is 0.0756. The molecule has 0 radical (unpaired) electrons. The molecule has 0 spiro atoms. The van der Waals surface area contributed by atoms with Gasteiger partial charge in [-0.3, -0.25) is 4.79 Å². The molecule has 0 unspecified atom stereocenters. The van der Waals surface area contributed by atoms with E-state index in [9.17, 15) is 18.0 Å². The summed E-state index contributed by atoms with van der Waals surface area (Å²) in [4.78, 5) is 12.1. The van der Waals surface area contributed by atoms with Gasteiger partial charge in [-0.2, -0.15) is 5.10 Å². The van der Waals surface area contributed by atoms with Crippen molar-refractivity contribution in [3.8, 4) is 0 Å². The van der Waals surface area contributed by atoms with Crippen molar-refractivity contribution in [3.63, 3.8) is 0 Å². The van der Waals surface area contributed by atoms with Crippen LogP contribution in [0.15, 0.2) is 35.4 Å². The van der Waals surface area contributed by atoms with Crippen LogP contribution < -0.4 is 16.5 Å². The van der Waals surface area contributed by atoms with E-state index in [1.807, 2.05) is 20.8 Å². The molecule has 4 N–H and O–H groups in total. The number of benzene rings is 2. The molecule has 8 heteroatoms. The molecular weight excluding hydrogens is 357 g/mol. The van der Waals surface area contributed by atoms with E-state index in [0.717, 1.165) is 17.7 Å². The number of amides is 1.